The van der Waals surface area contributed by atoms with Crippen LogP contribution in [-0.2, 0) is 6.54 Å². The van der Waals surface area contributed by atoms with Crippen LogP contribution in [0.2, 0.25) is 0 Å². The molecule has 0 bridgehead atoms. The van der Waals surface area contributed by atoms with Crippen molar-refractivity contribution in [3.63, 3.8) is 0 Å². The number of hydrogen-bond donors (Lipinski definition) is 1. The highest BCUT2D eigenvalue weighted by Crippen LogP contribution is 2.19. The average molecular weight is 355 g/mol. The number of carbonyl (C=O) groups is 1. The zero-order valence-electron chi connectivity index (χ0n) is 14.5. The molecule has 0 saturated carbocycles. The summed E-state index contributed by atoms with van der Waals surface area (Å²) in [4.78, 5) is 20.6. The number of aromatic nitrogens is 4. The van der Waals surface area contributed by atoms with E-state index >= 15 is 0 Å². The van der Waals surface area contributed by atoms with E-state index in [0.717, 1.165) is 11.1 Å². The van der Waals surface area contributed by atoms with Gasteiger partial charge in [0, 0.05) is 31.3 Å². The number of nitrogens with zero attached hydrogens (tertiary/aromatic N) is 4. The van der Waals surface area contributed by atoms with Crippen LogP contribution in [0.25, 0.3) is 17.1 Å². The van der Waals surface area contributed by atoms with Crippen LogP contribution in [0.3, 0.4) is 0 Å². The molecule has 0 aliphatic carbocycles. The molecule has 6 heteroatoms. The molecule has 0 aliphatic rings. The first-order chi connectivity index (χ1) is 13.3. The van der Waals surface area contributed by atoms with Gasteiger partial charge in [0.25, 0.3) is 5.91 Å². The Morgan fingerprint density at radius 3 is 2.26 bits per heavy atom. The van der Waals surface area contributed by atoms with E-state index in [-0.39, 0.29) is 5.91 Å². The lowest BCUT2D eigenvalue weighted by Crippen LogP contribution is -2.23. The monoisotopic (exact) mass is 355 g/mol. The number of amides is 1. The molecule has 0 spiro atoms. The van der Waals surface area contributed by atoms with Crippen molar-refractivity contribution >= 4 is 5.91 Å². The summed E-state index contributed by atoms with van der Waals surface area (Å²) in [5.74, 6) is 0.210. The van der Waals surface area contributed by atoms with Crippen LogP contribution in [0, 0.1) is 0 Å². The van der Waals surface area contributed by atoms with E-state index in [4.69, 9.17) is 0 Å². The van der Waals surface area contributed by atoms with Crippen molar-refractivity contribution in [3.8, 4) is 17.1 Å². The van der Waals surface area contributed by atoms with Gasteiger partial charge in [-0.3, -0.25) is 4.79 Å². The Bertz CT molecular complexity index is 1010. The minimum atomic E-state index is -0.214. The van der Waals surface area contributed by atoms with E-state index in [2.05, 4.69) is 44.6 Å². The molecule has 0 radical (unpaired) electrons. The Balaban J connectivity index is 1.37. The minimum Gasteiger partial charge on any atom is -0.348 e. The standard InChI is InChI=1S/C21H17N5O/c27-20(19-14-23-21(24-15-19)26-12-4-11-25-26)22-13-16-7-9-18(10-8-16)17-5-2-1-3-6-17/h1-12,14-15H,13H2,(H,22,27). The summed E-state index contributed by atoms with van der Waals surface area (Å²) in [5, 5.41) is 6.94. The van der Waals surface area contributed by atoms with Crippen molar-refractivity contribution in [2.45, 2.75) is 6.54 Å². The van der Waals surface area contributed by atoms with Crippen LogP contribution in [0.15, 0.2) is 85.5 Å². The van der Waals surface area contributed by atoms with Gasteiger partial charge in [-0.2, -0.15) is 5.10 Å². The molecule has 4 aromatic rings. The van der Waals surface area contributed by atoms with E-state index in [0.29, 0.717) is 18.1 Å². The lowest BCUT2D eigenvalue weighted by molar-refractivity contribution is 0.0950. The average Bonchev–Trinajstić information content (AvgIpc) is 3.28. The zero-order valence-corrected chi connectivity index (χ0v) is 14.5. The maximum Gasteiger partial charge on any atom is 0.254 e. The molecular weight excluding hydrogens is 338 g/mol. The Hall–Kier alpha value is -3.80. The highest BCUT2D eigenvalue weighted by Gasteiger charge is 2.08. The van der Waals surface area contributed by atoms with Crippen LogP contribution >= 0.6 is 0 Å². The molecule has 0 fully saturated rings. The highest BCUT2D eigenvalue weighted by molar-refractivity contribution is 5.93. The fourth-order valence-electron chi connectivity index (χ4n) is 2.67. The van der Waals surface area contributed by atoms with Gasteiger partial charge in [-0.15, -0.1) is 0 Å². The Labute approximate surface area is 156 Å². The molecule has 4 rings (SSSR count). The van der Waals surface area contributed by atoms with Gasteiger partial charge in [0.15, 0.2) is 0 Å². The van der Waals surface area contributed by atoms with Gasteiger partial charge in [-0.1, -0.05) is 54.6 Å². The summed E-state index contributed by atoms with van der Waals surface area (Å²) in [7, 11) is 0. The summed E-state index contributed by atoms with van der Waals surface area (Å²) < 4.78 is 1.54. The van der Waals surface area contributed by atoms with Crippen LogP contribution in [-0.4, -0.2) is 25.7 Å². The summed E-state index contributed by atoms with van der Waals surface area (Å²) in [6, 6.07) is 20.1. The Morgan fingerprint density at radius 1 is 0.889 bits per heavy atom. The number of carbonyl (C=O) groups excluding carboxylic acids is 1. The fraction of sp³-hybridized carbons (Fsp3) is 0.0476. The third-order valence-electron chi connectivity index (χ3n) is 4.12. The van der Waals surface area contributed by atoms with Crippen LogP contribution < -0.4 is 5.32 Å². The molecule has 2 aromatic heterocycles. The van der Waals surface area contributed by atoms with Gasteiger partial charge in [-0.25, -0.2) is 14.6 Å². The molecular formula is C21H17N5O. The van der Waals surface area contributed by atoms with Gasteiger partial charge in [0.1, 0.15) is 0 Å². The van der Waals surface area contributed by atoms with Gasteiger partial charge in [-0.05, 0) is 22.8 Å². The minimum absolute atomic E-state index is 0.214. The maximum atomic E-state index is 12.3. The summed E-state index contributed by atoms with van der Waals surface area (Å²) in [6.45, 7) is 0.439. The smallest absolute Gasteiger partial charge is 0.254 e. The van der Waals surface area contributed by atoms with Gasteiger partial charge < -0.3 is 5.32 Å². The highest BCUT2D eigenvalue weighted by atomic mass is 16.1. The van der Waals surface area contributed by atoms with E-state index in [1.165, 1.54) is 22.6 Å². The lowest BCUT2D eigenvalue weighted by atomic mass is 10.0. The molecule has 27 heavy (non-hydrogen) atoms. The molecule has 0 aliphatic heterocycles. The summed E-state index contributed by atoms with van der Waals surface area (Å²) in [6.07, 6.45) is 6.39. The maximum absolute atomic E-state index is 12.3. The van der Waals surface area contributed by atoms with Crippen molar-refractivity contribution in [1.29, 1.82) is 0 Å². The SMILES string of the molecule is O=C(NCc1ccc(-c2ccccc2)cc1)c1cnc(-n2cccn2)nc1. The molecule has 0 unspecified atom stereocenters. The van der Waals surface area contributed by atoms with E-state index in [1.807, 2.05) is 30.3 Å². The first kappa shape index (κ1) is 16.7. The second-order valence-electron chi connectivity index (χ2n) is 5.97. The largest absolute Gasteiger partial charge is 0.348 e. The molecule has 132 valence electrons. The Kier molecular flexibility index (Phi) is 4.70. The van der Waals surface area contributed by atoms with Gasteiger partial charge in [0.2, 0.25) is 5.95 Å². The third kappa shape index (κ3) is 3.90. The van der Waals surface area contributed by atoms with E-state index in [9.17, 15) is 4.79 Å². The number of rotatable bonds is 5. The van der Waals surface area contributed by atoms with Gasteiger partial charge >= 0.3 is 0 Å². The quantitative estimate of drug-likeness (QED) is 0.596. The van der Waals surface area contributed by atoms with Crippen molar-refractivity contribution in [1.82, 2.24) is 25.1 Å². The molecule has 2 heterocycles. The Morgan fingerprint density at radius 2 is 1.59 bits per heavy atom. The second-order valence-corrected chi connectivity index (χ2v) is 5.97. The lowest BCUT2D eigenvalue weighted by Gasteiger charge is -2.07. The summed E-state index contributed by atoms with van der Waals surface area (Å²) in [5.41, 5.74) is 3.75. The van der Waals surface area contributed by atoms with Crippen molar-refractivity contribution < 1.29 is 4.79 Å². The van der Waals surface area contributed by atoms with E-state index in [1.54, 1.807) is 18.5 Å². The molecule has 2 aromatic carbocycles. The second kappa shape index (κ2) is 7.61. The molecule has 1 N–H and O–H groups in total. The first-order valence-corrected chi connectivity index (χ1v) is 8.54. The molecule has 1 amide bonds. The fourth-order valence-corrected chi connectivity index (χ4v) is 2.67. The van der Waals surface area contributed by atoms with E-state index < -0.39 is 0 Å². The van der Waals surface area contributed by atoms with Crippen molar-refractivity contribution in [2.24, 2.45) is 0 Å². The zero-order chi connectivity index (χ0) is 18.5. The van der Waals surface area contributed by atoms with Crippen LogP contribution in [0.5, 0.6) is 0 Å². The predicted octanol–water partition coefficient (Wildman–Crippen LogP) is 3.26. The van der Waals surface area contributed by atoms with Gasteiger partial charge in [0.05, 0.1) is 5.56 Å². The molecule has 0 saturated heterocycles. The summed E-state index contributed by atoms with van der Waals surface area (Å²) >= 11 is 0. The number of benzene rings is 2. The number of hydrogen-bond acceptors (Lipinski definition) is 4. The van der Waals surface area contributed by atoms with Crippen molar-refractivity contribution in [3.05, 3.63) is 96.6 Å². The van der Waals surface area contributed by atoms with Crippen LogP contribution in [0.1, 0.15) is 15.9 Å². The topological polar surface area (TPSA) is 72.7 Å². The first-order valence-electron chi connectivity index (χ1n) is 8.54. The van der Waals surface area contributed by atoms with Crippen LogP contribution in [0.4, 0.5) is 0 Å². The number of nitrogens with one attached hydrogen (secondary N) is 1. The van der Waals surface area contributed by atoms with Crippen molar-refractivity contribution in [2.75, 3.05) is 0 Å². The predicted molar refractivity (Wildman–Crippen MR) is 102 cm³/mol. The molecule has 6 nitrogen and oxygen atoms in total. The third-order valence-corrected chi connectivity index (χ3v) is 4.12. The normalized spacial score (nSPS) is 10.5. The molecule has 0 atom stereocenters.